The van der Waals surface area contributed by atoms with Gasteiger partial charge in [0.05, 0.1) is 10.6 Å². The van der Waals surface area contributed by atoms with E-state index in [9.17, 15) is 18.3 Å². The molecule has 2 aromatic carbocycles. The summed E-state index contributed by atoms with van der Waals surface area (Å²) >= 11 is 0. The maximum Gasteiger partial charge on any atom is 0.271 e. The van der Waals surface area contributed by atoms with Crippen LogP contribution >= 0.6 is 0 Å². The van der Waals surface area contributed by atoms with E-state index >= 15 is 0 Å². The Morgan fingerprint density at radius 3 is 2.33 bits per heavy atom. The maximum atomic E-state index is 11.9. The van der Waals surface area contributed by atoms with Crippen LogP contribution < -0.4 is 10.1 Å². The first-order chi connectivity index (χ1) is 11.3. The SMILES string of the molecule is CNS(=O)(=O)c1ccc(/C(C)=N\NC(=O)c2cccc(O)c2)cc1. The fraction of sp³-hybridized carbons (Fsp3) is 0.125. The smallest absolute Gasteiger partial charge is 0.271 e. The molecule has 126 valence electrons. The summed E-state index contributed by atoms with van der Waals surface area (Å²) in [6, 6.07) is 12.0. The van der Waals surface area contributed by atoms with Gasteiger partial charge in [-0.2, -0.15) is 5.10 Å². The molecular weight excluding hydrogens is 330 g/mol. The number of nitrogens with one attached hydrogen (secondary N) is 2. The molecule has 0 bridgehead atoms. The highest BCUT2D eigenvalue weighted by Crippen LogP contribution is 2.12. The zero-order valence-corrected chi connectivity index (χ0v) is 14.0. The van der Waals surface area contributed by atoms with Crippen LogP contribution in [-0.4, -0.2) is 32.2 Å². The topological polar surface area (TPSA) is 108 Å². The van der Waals surface area contributed by atoms with Gasteiger partial charge in [0.1, 0.15) is 5.75 Å². The second-order valence-corrected chi connectivity index (χ2v) is 6.81. The van der Waals surface area contributed by atoms with Gasteiger partial charge in [-0.1, -0.05) is 18.2 Å². The van der Waals surface area contributed by atoms with Crippen LogP contribution in [-0.2, 0) is 10.0 Å². The van der Waals surface area contributed by atoms with E-state index < -0.39 is 15.9 Å². The molecule has 24 heavy (non-hydrogen) atoms. The molecule has 1 amide bonds. The third-order valence-corrected chi connectivity index (χ3v) is 4.71. The van der Waals surface area contributed by atoms with E-state index in [1.54, 1.807) is 31.2 Å². The highest BCUT2D eigenvalue weighted by Gasteiger charge is 2.11. The minimum atomic E-state index is -3.49. The van der Waals surface area contributed by atoms with E-state index in [0.717, 1.165) is 0 Å². The Kier molecular flexibility index (Phi) is 5.32. The predicted molar refractivity (Wildman–Crippen MR) is 90.5 cm³/mol. The number of carbonyl (C=O) groups excluding carboxylic acids is 1. The number of phenolic OH excluding ortho intramolecular Hbond substituents is 1. The van der Waals surface area contributed by atoms with Crippen molar-refractivity contribution >= 4 is 21.6 Å². The number of nitrogens with zero attached hydrogens (tertiary/aromatic N) is 1. The van der Waals surface area contributed by atoms with Crippen LogP contribution in [0.4, 0.5) is 0 Å². The fourth-order valence-corrected chi connectivity index (χ4v) is 2.63. The van der Waals surface area contributed by atoms with Crippen molar-refractivity contribution in [3.05, 3.63) is 59.7 Å². The molecule has 0 spiro atoms. The van der Waals surface area contributed by atoms with Gasteiger partial charge in [-0.05, 0) is 49.9 Å². The first-order valence-electron chi connectivity index (χ1n) is 7.01. The number of phenols is 1. The fourth-order valence-electron chi connectivity index (χ4n) is 1.90. The summed E-state index contributed by atoms with van der Waals surface area (Å²) in [5, 5.41) is 13.3. The van der Waals surface area contributed by atoms with Crippen LogP contribution in [0.2, 0.25) is 0 Å². The van der Waals surface area contributed by atoms with Crippen molar-refractivity contribution in [2.75, 3.05) is 7.05 Å². The molecule has 0 aromatic heterocycles. The molecular formula is C16H17N3O4S. The number of carbonyl (C=O) groups is 1. The maximum absolute atomic E-state index is 11.9. The summed E-state index contributed by atoms with van der Waals surface area (Å²) in [5.41, 5.74) is 3.85. The minimum absolute atomic E-state index is 0.00955. The average Bonchev–Trinajstić information content (AvgIpc) is 2.59. The summed E-state index contributed by atoms with van der Waals surface area (Å²) in [6.07, 6.45) is 0. The van der Waals surface area contributed by atoms with Crippen molar-refractivity contribution < 1.29 is 18.3 Å². The lowest BCUT2D eigenvalue weighted by Crippen LogP contribution is -2.19. The van der Waals surface area contributed by atoms with Gasteiger partial charge < -0.3 is 5.11 Å². The van der Waals surface area contributed by atoms with Gasteiger partial charge in [0, 0.05) is 5.56 Å². The second-order valence-electron chi connectivity index (χ2n) is 4.92. The molecule has 0 aliphatic heterocycles. The van der Waals surface area contributed by atoms with Crippen LogP contribution in [0, 0.1) is 0 Å². The molecule has 0 atom stereocenters. The Morgan fingerprint density at radius 1 is 1.08 bits per heavy atom. The number of rotatable bonds is 5. The third kappa shape index (κ3) is 4.18. The zero-order valence-electron chi connectivity index (χ0n) is 13.1. The van der Waals surface area contributed by atoms with Gasteiger partial charge in [0.25, 0.3) is 5.91 Å². The summed E-state index contributed by atoms with van der Waals surface area (Å²) in [5.74, 6) is -0.468. The molecule has 0 fully saturated rings. The number of hydrogen-bond donors (Lipinski definition) is 3. The molecule has 0 aliphatic carbocycles. The quantitative estimate of drug-likeness (QED) is 0.562. The lowest BCUT2D eigenvalue weighted by molar-refractivity contribution is 0.0954. The van der Waals surface area contributed by atoms with Crippen molar-refractivity contribution in [3.8, 4) is 5.75 Å². The molecule has 0 heterocycles. The van der Waals surface area contributed by atoms with E-state index in [-0.39, 0.29) is 16.2 Å². The number of hydrogen-bond acceptors (Lipinski definition) is 5. The number of benzene rings is 2. The average molecular weight is 347 g/mol. The van der Waals surface area contributed by atoms with E-state index in [4.69, 9.17) is 0 Å². The number of amides is 1. The van der Waals surface area contributed by atoms with Crippen LogP contribution in [0.3, 0.4) is 0 Å². The highest BCUT2D eigenvalue weighted by molar-refractivity contribution is 7.89. The van der Waals surface area contributed by atoms with Gasteiger partial charge in [-0.25, -0.2) is 18.6 Å². The molecule has 0 saturated carbocycles. The molecule has 7 nitrogen and oxygen atoms in total. The lowest BCUT2D eigenvalue weighted by Gasteiger charge is -2.05. The van der Waals surface area contributed by atoms with Crippen molar-refractivity contribution in [1.82, 2.24) is 10.1 Å². The third-order valence-electron chi connectivity index (χ3n) is 3.28. The van der Waals surface area contributed by atoms with E-state index in [0.29, 0.717) is 11.3 Å². The van der Waals surface area contributed by atoms with E-state index in [2.05, 4.69) is 15.2 Å². The molecule has 0 aliphatic rings. The molecule has 0 saturated heterocycles. The number of aromatic hydroxyl groups is 1. The molecule has 8 heteroatoms. The normalized spacial score (nSPS) is 12.0. The Balaban J connectivity index is 2.12. The second kappa shape index (κ2) is 7.24. The summed E-state index contributed by atoms with van der Waals surface area (Å²) in [6.45, 7) is 1.68. The molecule has 2 aromatic rings. The van der Waals surface area contributed by atoms with Crippen LogP contribution in [0.15, 0.2) is 58.5 Å². The molecule has 0 radical (unpaired) electrons. The van der Waals surface area contributed by atoms with Gasteiger partial charge >= 0.3 is 0 Å². The van der Waals surface area contributed by atoms with Crippen molar-refractivity contribution in [2.45, 2.75) is 11.8 Å². The largest absolute Gasteiger partial charge is 0.508 e. The summed E-state index contributed by atoms with van der Waals surface area (Å²) < 4.78 is 25.6. The molecule has 2 rings (SSSR count). The monoisotopic (exact) mass is 347 g/mol. The Labute approximate surface area is 140 Å². The Hall–Kier alpha value is -2.71. The lowest BCUT2D eigenvalue weighted by atomic mass is 10.1. The molecule has 0 unspecified atom stereocenters. The minimum Gasteiger partial charge on any atom is -0.508 e. The van der Waals surface area contributed by atoms with E-state index in [1.165, 1.54) is 31.3 Å². The van der Waals surface area contributed by atoms with Crippen molar-refractivity contribution in [1.29, 1.82) is 0 Å². The van der Waals surface area contributed by atoms with Crippen molar-refractivity contribution in [2.24, 2.45) is 5.10 Å². The summed E-state index contributed by atoms with van der Waals surface area (Å²) in [4.78, 5) is 12.1. The predicted octanol–water partition coefficient (Wildman–Crippen LogP) is 1.45. The van der Waals surface area contributed by atoms with Gasteiger partial charge in [0.15, 0.2) is 0 Å². The summed E-state index contributed by atoms with van der Waals surface area (Å²) in [7, 11) is -2.15. The van der Waals surface area contributed by atoms with Gasteiger partial charge in [-0.15, -0.1) is 0 Å². The zero-order chi connectivity index (χ0) is 17.7. The Morgan fingerprint density at radius 2 is 1.75 bits per heavy atom. The first kappa shape index (κ1) is 17.6. The highest BCUT2D eigenvalue weighted by atomic mass is 32.2. The molecule has 3 N–H and O–H groups in total. The van der Waals surface area contributed by atoms with Crippen LogP contribution in [0.25, 0.3) is 0 Å². The van der Waals surface area contributed by atoms with Crippen LogP contribution in [0.1, 0.15) is 22.8 Å². The van der Waals surface area contributed by atoms with Gasteiger partial charge in [0.2, 0.25) is 10.0 Å². The number of sulfonamides is 1. The van der Waals surface area contributed by atoms with Gasteiger partial charge in [-0.3, -0.25) is 4.79 Å². The Bertz CT molecular complexity index is 874. The van der Waals surface area contributed by atoms with E-state index in [1.807, 2.05) is 0 Å². The number of hydrazone groups is 1. The van der Waals surface area contributed by atoms with Crippen LogP contribution in [0.5, 0.6) is 5.75 Å². The standard InChI is InChI=1S/C16H17N3O4S/c1-11(12-6-8-15(9-7-12)24(22,23)17-2)18-19-16(21)13-4-3-5-14(20)10-13/h3-10,17,20H,1-2H3,(H,19,21)/b18-11-. The first-order valence-corrected chi connectivity index (χ1v) is 8.49. The van der Waals surface area contributed by atoms with Crippen molar-refractivity contribution in [3.63, 3.8) is 0 Å².